The number of hydrogen-bond acceptors (Lipinski definition) is 13. The highest BCUT2D eigenvalue weighted by atomic mass is 31.2. The first-order valence-corrected chi connectivity index (χ1v) is 24.5. The molecule has 16 nitrogen and oxygen atoms in total. The minimum atomic E-state index is -4.90. The molecule has 0 radical (unpaired) electrons. The molecule has 18 heteroatoms. The Morgan fingerprint density at radius 1 is 0.567 bits per heavy atom. The van der Waals surface area contributed by atoms with E-state index in [0.717, 1.165) is 57.3 Å². The smallest absolute Gasteiger partial charge is 0.462 e. The van der Waals surface area contributed by atoms with E-state index in [1.54, 1.807) is 42.5 Å². The Labute approximate surface area is 357 Å². The number of carbonyl (C=O) groups excluding carboxylic acids is 2. The fourth-order valence-electron chi connectivity index (χ4n) is 5.56. The van der Waals surface area contributed by atoms with E-state index in [-0.39, 0.29) is 25.7 Å². The summed E-state index contributed by atoms with van der Waals surface area (Å²) in [6, 6.07) is 0. The zero-order chi connectivity index (χ0) is 45.1. The van der Waals surface area contributed by atoms with Gasteiger partial charge in [0.1, 0.15) is 12.7 Å². The number of aliphatic hydroxyl groups is 4. The average molecular weight is 899 g/mol. The molecule has 0 aliphatic carbocycles. The van der Waals surface area contributed by atoms with Crippen LogP contribution in [0.2, 0.25) is 0 Å². The molecule has 0 rings (SSSR count). The molecule has 0 saturated heterocycles. The normalized spacial score (nSPS) is 16.2. The number of rotatable bonds is 39. The van der Waals surface area contributed by atoms with Gasteiger partial charge in [-0.05, 0) is 31.6 Å². The first-order valence-electron chi connectivity index (χ1n) is 21.5. The van der Waals surface area contributed by atoms with Crippen LogP contribution in [0.25, 0.3) is 0 Å². The summed E-state index contributed by atoms with van der Waals surface area (Å²) in [6.07, 6.45) is 23.5. The summed E-state index contributed by atoms with van der Waals surface area (Å²) < 4.78 is 47.5. The van der Waals surface area contributed by atoms with Gasteiger partial charge in [0.15, 0.2) is 6.10 Å². The monoisotopic (exact) mass is 898 g/mol. The van der Waals surface area contributed by atoms with Crippen LogP contribution < -0.4 is 0 Å². The summed E-state index contributed by atoms with van der Waals surface area (Å²) in [7, 11) is -9.79. The van der Waals surface area contributed by atoms with E-state index in [0.29, 0.717) is 6.42 Å². The third kappa shape index (κ3) is 38.9. The maximum absolute atomic E-state index is 12.6. The second kappa shape index (κ2) is 36.4. The summed E-state index contributed by atoms with van der Waals surface area (Å²) >= 11 is 0. The van der Waals surface area contributed by atoms with Gasteiger partial charge in [-0.15, -0.1) is 0 Å². The van der Waals surface area contributed by atoms with Gasteiger partial charge in [0.25, 0.3) is 0 Å². The Bertz CT molecular complexity index is 1310. The SMILES string of the molecule is CCCCC[C@@H](O)/C=C/C=C\C=C\C=C\[C@@H](O)[C@H](O)CCCC(=O)OC[C@H](COP(=O)(O)OC[C@@H](O)COP(=O)(O)O)OC(=O)CCCCCCCCCCCCC(C)C. The highest BCUT2D eigenvalue weighted by Crippen LogP contribution is 2.43. The van der Waals surface area contributed by atoms with Gasteiger partial charge in [-0.1, -0.05) is 153 Å². The van der Waals surface area contributed by atoms with Crippen molar-refractivity contribution >= 4 is 27.6 Å². The predicted molar refractivity (Wildman–Crippen MR) is 229 cm³/mol. The average Bonchev–Trinajstić information content (AvgIpc) is 3.18. The minimum Gasteiger partial charge on any atom is -0.462 e. The van der Waals surface area contributed by atoms with Crippen LogP contribution >= 0.6 is 15.6 Å². The zero-order valence-corrected chi connectivity index (χ0v) is 37.8. The van der Waals surface area contributed by atoms with Gasteiger partial charge in [0.2, 0.25) is 0 Å². The van der Waals surface area contributed by atoms with Crippen molar-refractivity contribution in [1.29, 1.82) is 0 Å². The zero-order valence-electron chi connectivity index (χ0n) is 36.0. The van der Waals surface area contributed by atoms with Crippen LogP contribution in [0, 0.1) is 5.92 Å². The van der Waals surface area contributed by atoms with Crippen LogP contribution in [-0.4, -0.2) is 104 Å². The van der Waals surface area contributed by atoms with Crippen molar-refractivity contribution in [3.63, 3.8) is 0 Å². The number of esters is 2. The van der Waals surface area contributed by atoms with Crippen molar-refractivity contribution in [3.8, 4) is 0 Å². The second-order valence-corrected chi connectivity index (χ2v) is 18.0. The van der Waals surface area contributed by atoms with Gasteiger partial charge < -0.3 is 44.6 Å². The van der Waals surface area contributed by atoms with E-state index in [4.69, 9.17) is 23.8 Å². The van der Waals surface area contributed by atoms with Crippen LogP contribution in [0.1, 0.15) is 143 Å². The molecule has 0 heterocycles. The quantitative estimate of drug-likeness (QED) is 0.0137. The van der Waals surface area contributed by atoms with Crippen molar-refractivity contribution in [1.82, 2.24) is 0 Å². The van der Waals surface area contributed by atoms with E-state index in [1.165, 1.54) is 44.6 Å². The molecule has 0 aliphatic rings. The molecule has 0 saturated carbocycles. The van der Waals surface area contributed by atoms with Crippen molar-refractivity contribution in [2.24, 2.45) is 5.92 Å². The second-order valence-electron chi connectivity index (χ2n) is 15.3. The molecule has 0 aliphatic heterocycles. The van der Waals surface area contributed by atoms with Gasteiger partial charge in [-0.25, -0.2) is 9.13 Å². The largest absolute Gasteiger partial charge is 0.472 e. The lowest BCUT2D eigenvalue weighted by atomic mass is 10.0. The van der Waals surface area contributed by atoms with Gasteiger partial charge in [0.05, 0.1) is 38.1 Å². The lowest BCUT2D eigenvalue weighted by Crippen LogP contribution is -2.30. The number of hydrogen-bond donors (Lipinski definition) is 7. The first kappa shape index (κ1) is 58.0. The van der Waals surface area contributed by atoms with Crippen LogP contribution in [0.5, 0.6) is 0 Å². The lowest BCUT2D eigenvalue weighted by Gasteiger charge is -2.20. The number of aliphatic hydroxyl groups excluding tert-OH is 4. The molecule has 6 atom stereocenters. The fourth-order valence-corrected chi connectivity index (χ4v) is 6.72. The van der Waals surface area contributed by atoms with Crippen LogP contribution in [-0.2, 0) is 41.8 Å². The number of allylic oxidation sites excluding steroid dienone is 6. The van der Waals surface area contributed by atoms with Gasteiger partial charge in [0, 0.05) is 12.8 Å². The molecule has 7 N–H and O–H groups in total. The standard InChI is InChI=1S/C42H76O16P2/c1-4-5-18-25-36(43)26-20-15-12-13-16-21-27-39(45)40(46)28-23-30-41(47)54-33-38(34-57-60(52,53)56-32-37(44)31-55-59(49,50)51)58-42(48)29-22-17-11-9-7-6-8-10-14-19-24-35(2)3/h12-13,15-16,20-21,26-27,35-40,43-46H,4-11,14,17-19,22-25,28-34H2,1-3H3,(H,52,53)(H2,49,50,51)/b15-12-,16-13+,26-20+,27-21+/t36-,37+,38-,39-,40-/m1/s1. The van der Waals surface area contributed by atoms with Crippen molar-refractivity contribution in [2.75, 3.05) is 26.4 Å². The summed E-state index contributed by atoms with van der Waals surface area (Å²) in [5.74, 6) is -0.617. The third-order valence-electron chi connectivity index (χ3n) is 9.01. The maximum Gasteiger partial charge on any atom is 0.472 e. The molecule has 0 aromatic heterocycles. The fraction of sp³-hybridized carbons (Fsp3) is 0.762. The van der Waals surface area contributed by atoms with E-state index in [2.05, 4.69) is 29.8 Å². The Hall–Kier alpha value is -2.04. The minimum absolute atomic E-state index is 0.0576. The van der Waals surface area contributed by atoms with Gasteiger partial charge >= 0.3 is 27.6 Å². The van der Waals surface area contributed by atoms with Gasteiger partial charge in [-0.2, -0.15) is 0 Å². The Balaban J connectivity index is 4.84. The summed E-state index contributed by atoms with van der Waals surface area (Å²) in [5, 5.41) is 40.2. The molecular weight excluding hydrogens is 822 g/mol. The summed E-state index contributed by atoms with van der Waals surface area (Å²) in [4.78, 5) is 52.7. The highest BCUT2D eigenvalue weighted by Gasteiger charge is 2.28. The number of carbonyl (C=O) groups is 2. The Morgan fingerprint density at radius 3 is 1.68 bits per heavy atom. The number of unbranched alkanes of at least 4 members (excludes halogenated alkanes) is 11. The van der Waals surface area contributed by atoms with Crippen molar-refractivity contribution in [2.45, 2.75) is 173 Å². The topological polar surface area (TPSA) is 256 Å². The van der Waals surface area contributed by atoms with Crippen molar-refractivity contribution < 1.29 is 76.9 Å². The van der Waals surface area contributed by atoms with E-state index >= 15 is 0 Å². The molecule has 1 unspecified atom stereocenters. The molecule has 0 spiro atoms. The molecule has 350 valence electrons. The molecular formula is C42H76O16P2. The molecule has 0 bridgehead atoms. The highest BCUT2D eigenvalue weighted by molar-refractivity contribution is 7.47. The van der Waals surface area contributed by atoms with Crippen LogP contribution in [0.15, 0.2) is 48.6 Å². The predicted octanol–water partition coefficient (Wildman–Crippen LogP) is 7.44. The number of phosphoric ester groups is 2. The molecule has 0 fully saturated rings. The van der Waals surface area contributed by atoms with Gasteiger partial charge in [-0.3, -0.25) is 23.2 Å². The molecule has 0 aromatic rings. The summed E-state index contributed by atoms with van der Waals surface area (Å²) in [6.45, 7) is 3.53. The maximum atomic E-state index is 12.6. The summed E-state index contributed by atoms with van der Waals surface area (Å²) in [5.41, 5.74) is 0. The third-order valence-corrected chi connectivity index (χ3v) is 10.4. The molecule has 0 aromatic carbocycles. The molecule has 60 heavy (non-hydrogen) atoms. The van der Waals surface area contributed by atoms with E-state index < -0.39 is 84.5 Å². The van der Waals surface area contributed by atoms with Crippen molar-refractivity contribution in [3.05, 3.63) is 48.6 Å². The van der Waals surface area contributed by atoms with Crippen LogP contribution in [0.4, 0.5) is 0 Å². The number of ether oxygens (including phenoxy) is 2. The van der Waals surface area contributed by atoms with E-state index in [1.807, 2.05) is 0 Å². The Kier molecular flexibility index (Phi) is 35.2. The van der Waals surface area contributed by atoms with Crippen LogP contribution in [0.3, 0.4) is 0 Å². The molecule has 0 amide bonds. The first-order chi connectivity index (χ1) is 28.4. The Morgan fingerprint density at radius 2 is 1.08 bits per heavy atom. The number of phosphoric acid groups is 2. The lowest BCUT2D eigenvalue weighted by molar-refractivity contribution is -0.161. The van der Waals surface area contributed by atoms with E-state index in [9.17, 15) is 44.0 Å².